The van der Waals surface area contributed by atoms with Crippen molar-refractivity contribution in [1.29, 1.82) is 0 Å². The fraction of sp³-hybridized carbons (Fsp3) is 0.545. The zero-order chi connectivity index (χ0) is 18.5. The van der Waals surface area contributed by atoms with Crippen LogP contribution in [0.3, 0.4) is 0 Å². The predicted octanol–water partition coefficient (Wildman–Crippen LogP) is 2.12. The maximum absolute atomic E-state index is 11.9. The maximum atomic E-state index is 11.9. The maximum Gasteiger partial charge on any atom is 0.280 e. The molecule has 1 aliphatic rings. The van der Waals surface area contributed by atoms with E-state index in [0.717, 1.165) is 0 Å². The number of aromatic amines is 1. The number of ether oxygens (including phenoxy) is 2. The molecule has 5 atom stereocenters. The van der Waals surface area contributed by atoms with Crippen molar-refractivity contribution in [3.8, 4) is 0 Å². The molecule has 2 unspecified atom stereocenters. The highest BCUT2D eigenvalue weighted by atomic mass is 32.4. The number of azide groups is 1. The summed E-state index contributed by atoms with van der Waals surface area (Å²) in [6.07, 6.45) is 1.61. The number of aromatic nitrogens is 4. The van der Waals surface area contributed by atoms with E-state index in [-0.39, 0.29) is 38.6 Å². The van der Waals surface area contributed by atoms with Gasteiger partial charge in [-0.15, -0.1) is 0 Å². The summed E-state index contributed by atoms with van der Waals surface area (Å²) in [5.74, 6) is -0.00732. The van der Waals surface area contributed by atoms with Crippen molar-refractivity contribution in [1.82, 2.24) is 19.5 Å². The Morgan fingerprint density at radius 3 is 3.27 bits per heavy atom. The van der Waals surface area contributed by atoms with Crippen LogP contribution in [0.15, 0.2) is 16.2 Å². The van der Waals surface area contributed by atoms with Crippen molar-refractivity contribution in [3.63, 3.8) is 0 Å². The number of H-pyrrole nitrogens is 1. The summed E-state index contributed by atoms with van der Waals surface area (Å²) in [7, 11) is 0.902. The van der Waals surface area contributed by atoms with Crippen LogP contribution in [0.25, 0.3) is 21.6 Å². The lowest BCUT2D eigenvalue weighted by molar-refractivity contribution is -0.0236. The zero-order valence-electron chi connectivity index (χ0n) is 13.3. The molecular formula is C11H15N8O4P3. The number of imidazole rings is 1. The molecule has 1 fully saturated rings. The van der Waals surface area contributed by atoms with E-state index in [2.05, 4.69) is 25.0 Å². The molecule has 0 spiro atoms. The molecule has 0 bridgehead atoms. The first-order valence-corrected chi connectivity index (χ1v) is 12.3. The Balaban J connectivity index is 1.82. The van der Waals surface area contributed by atoms with Crippen molar-refractivity contribution < 1.29 is 14.0 Å². The molecule has 1 saturated heterocycles. The Morgan fingerprint density at radius 1 is 1.65 bits per heavy atom. The van der Waals surface area contributed by atoms with Crippen molar-refractivity contribution in [2.45, 2.75) is 24.9 Å². The summed E-state index contributed by atoms with van der Waals surface area (Å²) in [5.41, 5.74) is 14.1. The Kier molecular flexibility index (Phi) is 6.48. The topological polar surface area (TPSA) is 174 Å². The summed E-state index contributed by atoms with van der Waals surface area (Å²) in [6, 6.07) is 0. The first-order valence-electron chi connectivity index (χ1n) is 7.44. The Hall–Kier alpha value is -1.66. The van der Waals surface area contributed by atoms with E-state index in [1.54, 1.807) is 4.57 Å². The number of nitrogens with two attached hydrogens (primary N) is 1. The summed E-state index contributed by atoms with van der Waals surface area (Å²) in [4.78, 5) is 25.2. The number of hydrogen-bond donors (Lipinski definition) is 2. The second-order valence-corrected chi connectivity index (χ2v) is 10.7. The first-order chi connectivity index (χ1) is 12.6. The third kappa shape index (κ3) is 4.18. The van der Waals surface area contributed by atoms with Crippen LogP contribution in [0, 0.1) is 0 Å². The quantitative estimate of drug-likeness (QED) is 0.218. The number of rotatable bonds is 8. The van der Waals surface area contributed by atoms with Gasteiger partial charge in [-0.25, -0.2) is 4.98 Å². The van der Waals surface area contributed by atoms with E-state index in [9.17, 15) is 9.36 Å². The number of nitrogens with one attached hydrogen (secondary N) is 1. The zero-order valence-corrected chi connectivity index (χ0v) is 16.2. The molecule has 3 rings (SSSR count). The highest BCUT2D eigenvalue weighted by Crippen LogP contribution is 2.48. The van der Waals surface area contributed by atoms with Gasteiger partial charge in [0.05, 0.1) is 18.5 Å². The Labute approximate surface area is 151 Å². The van der Waals surface area contributed by atoms with Crippen LogP contribution in [-0.2, 0) is 14.0 Å². The molecule has 26 heavy (non-hydrogen) atoms. The van der Waals surface area contributed by atoms with Gasteiger partial charge in [-0.2, -0.15) is 4.98 Å². The molecule has 15 heteroatoms. The molecule has 2 aromatic rings. The molecule has 3 heterocycles. The highest BCUT2D eigenvalue weighted by molar-refractivity contribution is 8.40. The van der Waals surface area contributed by atoms with Gasteiger partial charge in [0.15, 0.2) is 19.3 Å². The lowest BCUT2D eigenvalue weighted by Gasteiger charge is -2.17. The smallest absolute Gasteiger partial charge is 0.280 e. The number of nitrogens with zero attached hydrogens (tertiary/aromatic N) is 6. The standard InChI is InChI=1S/C11H15N8O4P3/c12-11-16-9-8(10(20)17-11)14-3-19(9)7-1-5(22-4-15-18-13)6(23-7)2-24-26-25-21/h3,5-7,24,26H,1-2,4H2,(H3,12,16,17,20)/t5-,6-,7-/m1/s1. The van der Waals surface area contributed by atoms with Crippen LogP contribution in [-0.4, -0.2) is 44.6 Å². The number of anilines is 1. The minimum atomic E-state index is -0.451. The van der Waals surface area contributed by atoms with Crippen LogP contribution in [0.4, 0.5) is 5.95 Å². The van der Waals surface area contributed by atoms with E-state index in [1.807, 2.05) is 0 Å². The molecule has 1 aliphatic heterocycles. The van der Waals surface area contributed by atoms with Crippen molar-refractivity contribution in [3.05, 3.63) is 27.1 Å². The predicted molar refractivity (Wildman–Crippen MR) is 99.1 cm³/mol. The molecule has 0 aliphatic carbocycles. The molecule has 2 aromatic heterocycles. The average Bonchev–Trinajstić information content (AvgIpc) is 3.19. The van der Waals surface area contributed by atoms with Gasteiger partial charge in [0, 0.05) is 11.3 Å². The number of nitrogen functional groups attached to an aromatic ring is 1. The fourth-order valence-electron chi connectivity index (χ4n) is 2.72. The van der Waals surface area contributed by atoms with E-state index in [4.69, 9.17) is 20.7 Å². The average molecular weight is 416 g/mol. The van der Waals surface area contributed by atoms with E-state index >= 15 is 0 Å². The van der Waals surface area contributed by atoms with Gasteiger partial charge in [-0.1, -0.05) is 13.4 Å². The SMILES string of the molecule is [N-]=[N+]=NCO[C@@H]1C[C@H](n2cnc3c(=O)[nH]c(N)nc32)O[C@@H]1CPPP=O. The van der Waals surface area contributed by atoms with Crippen LogP contribution in [0.2, 0.25) is 0 Å². The molecule has 0 amide bonds. The second kappa shape index (κ2) is 8.82. The van der Waals surface area contributed by atoms with Crippen LogP contribution >= 0.6 is 24.4 Å². The lowest BCUT2D eigenvalue weighted by Crippen LogP contribution is -2.26. The van der Waals surface area contributed by atoms with Gasteiger partial charge in [0.1, 0.15) is 13.0 Å². The molecule has 138 valence electrons. The largest absolute Gasteiger partial charge is 0.369 e. The van der Waals surface area contributed by atoms with Crippen molar-refractivity contribution >= 4 is 41.5 Å². The van der Waals surface area contributed by atoms with Gasteiger partial charge in [0.2, 0.25) is 5.95 Å². The molecule has 12 nitrogen and oxygen atoms in total. The normalized spacial score (nSPS) is 23.6. The van der Waals surface area contributed by atoms with Crippen LogP contribution < -0.4 is 11.3 Å². The van der Waals surface area contributed by atoms with E-state index in [1.165, 1.54) is 6.33 Å². The van der Waals surface area contributed by atoms with Gasteiger partial charge in [0.25, 0.3) is 5.56 Å². The number of fused-ring (bicyclic) bond motifs is 1. The summed E-state index contributed by atoms with van der Waals surface area (Å²) < 4.78 is 24.0. The molecule has 3 N–H and O–H groups in total. The van der Waals surface area contributed by atoms with Gasteiger partial charge in [-0.05, 0) is 19.7 Å². The van der Waals surface area contributed by atoms with Crippen LogP contribution in [0.5, 0.6) is 0 Å². The van der Waals surface area contributed by atoms with Gasteiger partial charge >= 0.3 is 0 Å². The van der Waals surface area contributed by atoms with Crippen molar-refractivity contribution in [2.75, 3.05) is 18.6 Å². The highest BCUT2D eigenvalue weighted by Gasteiger charge is 2.37. The van der Waals surface area contributed by atoms with Gasteiger partial charge < -0.3 is 15.2 Å². The summed E-state index contributed by atoms with van der Waals surface area (Å²) in [5, 5.41) is 3.39. The van der Waals surface area contributed by atoms with Crippen molar-refractivity contribution in [2.24, 2.45) is 5.11 Å². The monoisotopic (exact) mass is 416 g/mol. The lowest BCUT2D eigenvalue weighted by atomic mass is 10.2. The Morgan fingerprint density at radius 2 is 2.50 bits per heavy atom. The molecule has 0 aromatic carbocycles. The minimum absolute atomic E-state index is 0.00732. The van der Waals surface area contributed by atoms with Gasteiger partial charge in [-0.3, -0.25) is 18.9 Å². The number of hydrogen-bond acceptors (Lipinski definition) is 8. The second-order valence-electron chi connectivity index (χ2n) is 5.29. The first kappa shape index (κ1) is 19.1. The van der Waals surface area contributed by atoms with E-state index < -0.39 is 11.8 Å². The Bertz CT molecular complexity index is 897. The molecule has 0 saturated carbocycles. The summed E-state index contributed by atoms with van der Waals surface area (Å²) in [6.45, 7) is -0.103. The molecule has 0 radical (unpaired) electrons. The summed E-state index contributed by atoms with van der Waals surface area (Å²) >= 11 is 0. The third-order valence-corrected chi connectivity index (χ3v) is 8.24. The van der Waals surface area contributed by atoms with E-state index in [0.29, 0.717) is 34.5 Å². The third-order valence-electron chi connectivity index (χ3n) is 3.78. The minimum Gasteiger partial charge on any atom is -0.369 e. The molecular weight excluding hydrogens is 401 g/mol. The van der Waals surface area contributed by atoms with Crippen LogP contribution in [0.1, 0.15) is 12.6 Å². The fourth-order valence-corrected chi connectivity index (χ4v) is 5.91.